The van der Waals surface area contributed by atoms with Crippen molar-refractivity contribution in [2.24, 2.45) is 0 Å². The summed E-state index contributed by atoms with van der Waals surface area (Å²) in [6, 6.07) is 6.96. The van der Waals surface area contributed by atoms with Crippen molar-refractivity contribution in [3.63, 3.8) is 0 Å². The molecule has 0 spiro atoms. The maximum absolute atomic E-state index is 12.8. The van der Waals surface area contributed by atoms with Crippen molar-refractivity contribution in [1.29, 1.82) is 0 Å². The molecule has 0 saturated heterocycles. The van der Waals surface area contributed by atoms with Crippen molar-refractivity contribution in [1.82, 2.24) is 0 Å². The van der Waals surface area contributed by atoms with Gasteiger partial charge in [0.2, 0.25) is 0 Å². The molecule has 1 aromatic carbocycles. The SMILES string of the molecule is C[SH+]CCCCCCCCCCCCCc1ccc(F)cc1.[Cl-]. The lowest BCUT2D eigenvalue weighted by atomic mass is 10.0. The van der Waals surface area contributed by atoms with E-state index in [1.165, 1.54) is 81.9 Å². The smallest absolute Gasteiger partial charge is 0.123 e. The molecule has 1 rings (SSSR count). The minimum atomic E-state index is -0.131. The van der Waals surface area contributed by atoms with Gasteiger partial charge in [0, 0.05) is 0 Å². The minimum absolute atomic E-state index is 0. The number of hydrogen-bond donors (Lipinski definition) is 0. The third-order valence-electron chi connectivity index (χ3n) is 4.26. The maximum Gasteiger partial charge on any atom is 0.123 e. The molecule has 0 nitrogen and oxygen atoms in total. The Morgan fingerprint density at radius 1 is 0.696 bits per heavy atom. The van der Waals surface area contributed by atoms with Gasteiger partial charge in [-0.3, -0.25) is 0 Å². The van der Waals surface area contributed by atoms with Gasteiger partial charge in [-0.25, -0.2) is 4.39 Å². The van der Waals surface area contributed by atoms with E-state index in [1.54, 1.807) is 23.9 Å². The predicted octanol–water partition coefficient (Wildman–Crippen LogP) is 3.11. The van der Waals surface area contributed by atoms with E-state index in [-0.39, 0.29) is 18.2 Å². The van der Waals surface area contributed by atoms with Crippen LogP contribution in [0.4, 0.5) is 4.39 Å². The highest BCUT2D eigenvalue weighted by molar-refractivity contribution is 7.77. The van der Waals surface area contributed by atoms with Crippen LogP contribution in [0.1, 0.15) is 76.2 Å². The van der Waals surface area contributed by atoms with Gasteiger partial charge in [0.15, 0.2) is 0 Å². The molecule has 134 valence electrons. The fourth-order valence-corrected chi connectivity index (χ4v) is 3.38. The zero-order valence-corrected chi connectivity index (χ0v) is 16.4. The Kier molecular flexibility index (Phi) is 16.5. The van der Waals surface area contributed by atoms with Gasteiger partial charge in [-0.2, -0.15) is 0 Å². The Morgan fingerprint density at radius 2 is 1.13 bits per heavy atom. The van der Waals surface area contributed by atoms with E-state index in [4.69, 9.17) is 0 Å². The normalized spacial score (nSPS) is 10.5. The van der Waals surface area contributed by atoms with Gasteiger partial charge in [0.25, 0.3) is 0 Å². The first kappa shape index (κ1) is 22.8. The molecule has 0 amide bonds. The minimum Gasteiger partial charge on any atom is -1.00 e. The first-order valence-corrected chi connectivity index (χ1v) is 10.7. The van der Waals surface area contributed by atoms with Gasteiger partial charge in [-0.05, 0) is 55.1 Å². The number of benzene rings is 1. The quantitative estimate of drug-likeness (QED) is 0.272. The zero-order valence-electron chi connectivity index (χ0n) is 14.7. The Morgan fingerprint density at radius 3 is 1.61 bits per heavy atom. The van der Waals surface area contributed by atoms with E-state index in [1.807, 2.05) is 12.1 Å². The van der Waals surface area contributed by atoms with E-state index < -0.39 is 0 Å². The fraction of sp³-hybridized carbons (Fsp3) is 0.700. The van der Waals surface area contributed by atoms with Crippen LogP contribution in [0.2, 0.25) is 0 Å². The Balaban J connectivity index is 0.00000484. The third kappa shape index (κ3) is 13.9. The molecule has 0 aliphatic heterocycles. The van der Waals surface area contributed by atoms with Crippen LogP contribution in [0.5, 0.6) is 0 Å². The van der Waals surface area contributed by atoms with Crippen molar-refractivity contribution >= 4 is 11.8 Å². The van der Waals surface area contributed by atoms with Crippen LogP contribution in [0.25, 0.3) is 0 Å². The van der Waals surface area contributed by atoms with Crippen LogP contribution in [0, 0.1) is 5.82 Å². The predicted molar refractivity (Wildman–Crippen MR) is 100 cm³/mol. The molecule has 1 aromatic rings. The molecule has 0 unspecified atom stereocenters. The topological polar surface area (TPSA) is 0 Å². The van der Waals surface area contributed by atoms with E-state index in [0.717, 1.165) is 6.42 Å². The van der Waals surface area contributed by atoms with Gasteiger partial charge < -0.3 is 12.4 Å². The highest BCUT2D eigenvalue weighted by Gasteiger charge is 1.96. The van der Waals surface area contributed by atoms with Gasteiger partial charge >= 0.3 is 0 Å². The monoisotopic (exact) mass is 360 g/mol. The molecule has 0 fully saturated rings. The molecule has 23 heavy (non-hydrogen) atoms. The highest BCUT2D eigenvalue weighted by Crippen LogP contribution is 2.13. The average Bonchev–Trinajstić information content (AvgIpc) is 2.53. The summed E-state index contributed by atoms with van der Waals surface area (Å²) in [6.45, 7) is 0. The van der Waals surface area contributed by atoms with Gasteiger partial charge in [-0.15, -0.1) is 0 Å². The molecule has 0 atom stereocenters. The maximum atomic E-state index is 12.8. The number of unbranched alkanes of at least 4 members (excludes halogenated alkanes) is 10. The summed E-state index contributed by atoms with van der Waals surface area (Å²) in [5, 5.41) is 0. The van der Waals surface area contributed by atoms with Crippen molar-refractivity contribution in [2.45, 2.75) is 77.0 Å². The Bertz CT molecular complexity index is 353. The number of thiol groups is 1. The summed E-state index contributed by atoms with van der Waals surface area (Å²) in [5.74, 6) is 1.26. The van der Waals surface area contributed by atoms with Crippen LogP contribution in [-0.4, -0.2) is 12.0 Å². The number of hydrogen-bond acceptors (Lipinski definition) is 0. The van der Waals surface area contributed by atoms with Crippen LogP contribution in [0.3, 0.4) is 0 Å². The standard InChI is InChI=1S/C20H33FS.ClH/c1-22-18-12-10-8-6-4-2-3-5-7-9-11-13-19-14-16-20(21)17-15-19;/h14-17H,2-13,18H2,1H3;1H. The zero-order chi connectivity index (χ0) is 15.9. The van der Waals surface area contributed by atoms with E-state index in [2.05, 4.69) is 6.26 Å². The second-order valence-corrected chi connectivity index (χ2v) is 7.39. The lowest BCUT2D eigenvalue weighted by Crippen LogP contribution is -3.00. The number of rotatable bonds is 14. The molecule has 0 bridgehead atoms. The van der Waals surface area contributed by atoms with Gasteiger partial charge in [0.1, 0.15) is 11.6 Å². The van der Waals surface area contributed by atoms with Crippen LogP contribution < -0.4 is 12.4 Å². The lowest BCUT2D eigenvalue weighted by molar-refractivity contribution is -0.00000531. The summed E-state index contributed by atoms with van der Waals surface area (Å²) in [7, 11) is 0. The molecule has 0 aliphatic rings. The summed E-state index contributed by atoms with van der Waals surface area (Å²) >= 11 is 1.55. The molecule has 0 saturated carbocycles. The van der Waals surface area contributed by atoms with E-state index in [0.29, 0.717) is 0 Å². The molecular weight excluding hydrogens is 327 g/mol. The second-order valence-electron chi connectivity index (χ2n) is 6.31. The third-order valence-corrected chi connectivity index (χ3v) is 5.02. The van der Waals surface area contributed by atoms with Crippen molar-refractivity contribution < 1.29 is 16.8 Å². The first-order chi connectivity index (χ1) is 10.8. The largest absolute Gasteiger partial charge is 1.00 e. The van der Waals surface area contributed by atoms with E-state index in [9.17, 15) is 4.39 Å². The summed E-state index contributed by atoms with van der Waals surface area (Å²) in [4.78, 5) is 0. The second kappa shape index (κ2) is 16.6. The molecule has 0 radical (unpaired) electrons. The number of aryl methyl sites for hydroxylation is 1. The Hall–Kier alpha value is -0.210. The van der Waals surface area contributed by atoms with Crippen LogP contribution in [0.15, 0.2) is 24.3 Å². The molecule has 0 heterocycles. The summed E-state index contributed by atoms with van der Waals surface area (Å²) in [6.07, 6.45) is 18.6. The van der Waals surface area contributed by atoms with Crippen molar-refractivity contribution in [3.05, 3.63) is 35.6 Å². The van der Waals surface area contributed by atoms with Crippen molar-refractivity contribution in [3.8, 4) is 0 Å². The molecule has 3 heteroatoms. The lowest BCUT2D eigenvalue weighted by Gasteiger charge is -2.03. The fourth-order valence-electron chi connectivity index (χ4n) is 2.84. The number of halogens is 2. The summed E-state index contributed by atoms with van der Waals surface area (Å²) < 4.78 is 12.8. The van der Waals surface area contributed by atoms with Crippen LogP contribution in [-0.2, 0) is 18.2 Å². The van der Waals surface area contributed by atoms with Crippen molar-refractivity contribution in [2.75, 3.05) is 12.0 Å². The molecular formula is C20H34ClFS. The molecule has 0 aliphatic carbocycles. The summed E-state index contributed by atoms with van der Waals surface area (Å²) in [5.41, 5.74) is 1.27. The first-order valence-electron chi connectivity index (χ1n) is 9.13. The molecule has 0 N–H and O–H groups in total. The average molecular weight is 361 g/mol. The van der Waals surface area contributed by atoms with Gasteiger partial charge in [-0.1, -0.05) is 63.5 Å². The van der Waals surface area contributed by atoms with E-state index >= 15 is 0 Å². The van der Waals surface area contributed by atoms with Crippen LogP contribution >= 0.6 is 0 Å². The highest BCUT2D eigenvalue weighted by atomic mass is 35.5. The van der Waals surface area contributed by atoms with Gasteiger partial charge in [0.05, 0.1) is 6.26 Å². The molecule has 0 aromatic heterocycles. The Labute approximate surface area is 153 Å².